The van der Waals surface area contributed by atoms with Gasteiger partial charge in [0.2, 0.25) is 0 Å². The van der Waals surface area contributed by atoms with Crippen LogP contribution in [0.4, 0.5) is 0 Å². The van der Waals surface area contributed by atoms with Crippen molar-refractivity contribution in [2.24, 2.45) is 11.7 Å². The standard InChI is InChI=1S/C13H22N4/c14-9-10-5-1-2-6-11(10)13-16-15-12-7-3-4-8-17(12)13/h10-11H,1-9,14H2. The molecule has 94 valence electrons. The summed E-state index contributed by atoms with van der Waals surface area (Å²) in [5.74, 6) is 3.62. The summed E-state index contributed by atoms with van der Waals surface area (Å²) in [7, 11) is 0. The fraction of sp³-hybridized carbons (Fsp3) is 0.846. The molecule has 3 rings (SSSR count). The topological polar surface area (TPSA) is 56.7 Å². The van der Waals surface area contributed by atoms with E-state index in [1.807, 2.05) is 0 Å². The number of nitrogens with two attached hydrogens (primary N) is 1. The first-order valence-electron chi connectivity index (χ1n) is 7.02. The molecule has 1 aromatic rings. The van der Waals surface area contributed by atoms with Crippen LogP contribution in [0.25, 0.3) is 0 Å². The first-order valence-corrected chi connectivity index (χ1v) is 7.02. The third-order valence-electron chi connectivity index (χ3n) is 4.43. The van der Waals surface area contributed by atoms with Crippen molar-refractivity contribution in [3.05, 3.63) is 11.6 Å². The maximum Gasteiger partial charge on any atom is 0.136 e. The summed E-state index contributed by atoms with van der Waals surface area (Å²) >= 11 is 0. The molecule has 0 aromatic carbocycles. The van der Waals surface area contributed by atoms with Gasteiger partial charge in [-0.3, -0.25) is 0 Å². The van der Waals surface area contributed by atoms with E-state index in [2.05, 4.69) is 14.8 Å². The molecule has 1 aromatic heterocycles. The molecule has 0 bridgehead atoms. The molecule has 0 spiro atoms. The summed E-state index contributed by atoms with van der Waals surface area (Å²) in [4.78, 5) is 0. The Morgan fingerprint density at radius 2 is 2.00 bits per heavy atom. The molecule has 0 saturated heterocycles. The number of rotatable bonds is 2. The van der Waals surface area contributed by atoms with Crippen LogP contribution in [0, 0.1) is 5.92 Å². The van der Waals surface area contributed by atoms with Gasteiger partial charge in [0.05, 0.1) is 0 Å². The Morgan fingerprint density at radius 1 is 1.12 bits per heavy atom. The minimum absolute atomic E-state index is 0.563. The van der Waals surface area contributed by atoms with Gasteiger partial charge in [-0.05, 0) is 38.1 Å². The van der Waals surface area contributed by atoms with Gasteiger partial charge < -0.3 is 10.3 Å². The second kappa shape index (κ2) is 4.77. The predicted octanol–water partition coefficient (Wildman–Crippen LogP) is 1.85. The highest BCUT2D eigenvalue weighted by Gasteiger charge is 2.30. The van der Waals surface area contributed by atoms with Crippen molar-refractivity contribution in [1.82, 2.24) is 14.8 Å². The Kier molecular flexibility index (Phi) is 3.14. The highest BCUT2D eigenvalue weighted by Crippen LogP contribution is 2.37. The van der Waals surface area contributed by atoms with E-state index >= 15 is 0 Å². The van der Waals surface area contributed by atoms with Gasteiger partial charge in [-0.15, -0.1) is 10.2 Å². The summed E-state index contributed by atoms with van der Waals surface area (Å²) in [5.41, 5.74) is 5.92. The van der Waals surface area contributed by atoms with Crippen LogP contribution in [0.3, 0.4) is 0 Å². The van der Waals surface area contributed by atoms with Crippen molar-refractivity contribution < 1.29 is 0 Å². The van der Waals surface area contributed by atoms with Crippen LogP contribution in [-0.2, 0) is 13.0 Å². The minimum atomic E-state index is 0.563. The van der Waals surface area contributed by atoms with Crippen LogP contribution in [-0.4, -0.2) is 21.3 Å². The lowest BCUT2D eigenvalue weighted by molar-refractivity contribution is 0.294. The minimum Gasteiger partial charge on any atom is -0.330 e. The number of nitrogens with zero attached hydrogens (tertiary/aromatic N) is 3. The molecule has 1 aliphatic carbocycles. The number of hydrogen-bond donors (Lipinski definition) is 1. The van der Waals surface area contributed by atoms with Gasteiger partial charge in [0, 0.05) is 18.9 Å². The lowest BCUT2D eigenvalue weighted by Crippen LogP contribution is -2.28. The quantitative estimate of drug-likeness (QED) is 0.849. The molecule has 0 amide bonds. The molecule has 1 saturated carbocycles. The van der Waals surface area contributed by atoms with E-state index in [1.54, 1.807) is 0 Å². The molecule has 2 atom stereocenters. The van der Waals surface area contributed by atoms with Crippen LogP contribution in [0.5, 0.6) is 0 Å². The molecule has 1 aliphatic heterocycles. The zero-order valence-corrected chi connectivity index (χ0v) is 10.4. The van der Waals surface area contributed by atoms with Crippen molar-refractivity contribution >= 4 is 0 Å². The first-order chi connectivity index (χ1) is 8.40. The Labute approximate surface area is 103 Å². The normalized spacial score (nSPS) is 29.0. The fourth-order valence-electron chi connectivity index (χ4n) is 3.43. The van der Waals surface area contributed by atoms with Gasteiger partial charge >= 0.3 is 0 Å². The average molecular weight is 234 g/mol. The van der Waals surface area contributed by atoms with Gasteiger partial charge in [0.1, 0.15) is 11.6 Å². The second-order valence-electron chi connectivity index (χ2n) is 5.47. The van der Waals surface area contributed by atoms with E-state index in [9.17, 15) is 0 Å². The smallest absolute Gasteiger partial charge is 0.136 e. The summed E-state index contributed by atoms with van der Waals surface area (Å²) < 4.78 is 2.38. The maximum atomic E-state index is 5.92. The van der Waals surface area contributed by atoms with Crippen LogP contribution in [0.1, 0.15) is 56.1 Å². The molecule has 0 radical (unpaired) electrons. The number of aromatic nitrogens is 3. The van der Waals surface area contributed by atoms with E-state index in [0.29, 0.717) is 11.8 Å². The highest BCUT2D eigenvalue weighted by atomic mass is 15.3. The first kappa shape index (κ1) is 11.2. The molecule has 4 nitrogen and oxygen atoms in total. The van der Waals surface area contributed by atoms with E-state index < -0.39 is 0 Å². The number of aryl methyl sites for hydroxylation is 1. The number of fused-ring (bicyclic) bond motifs is 1. The van der Waals surface area contributed by atoms with Gasteiger partial charge in [0.15, 0.2) is 0 Å². The summed E-state index contributed by atoms with van der Waals surface area (Å²) in [6.07, 6.45) is 8.82. The van der Waals surface area contributed by atoms with Crippen molar-refractivity contribution in [2.75, 3.05) is 6.54 Å². The van der Waals surface area contributed by atoms with E-state index in [1.165, 1.54) is 50.2 Å². The average Bonchev–Trinajstić information content (AvgIpc) is 2.82. The van der Waals surface area contributed by atoms with Crippen molar-refractivity contribution in [3.63, 3.8) is 0 Å². The second-order valence-corrected chi connectivity index (χ2v) is 5.47. The third-order valence-corrected chi connectivity index (χ3v) is 4.43. The molecular weight excluding hydrogens is 212 g/mol. The van der Waals surface area contributed by atoms with Crippen molar-refractivity contribution in [3.8, 4) is 0 Å². The van der Waals surface area contributed by atoms with Crippen molar-refractivity contribution in [1.29, 1.82) is 0 Å². The summed E-state index contributed by atoms with van der Waals surface area (Å²) in [6, 6.07) is 0. The van der Waals surface area contributed by atoms with Crippen LogP contribution < -0.4 is 5.73 Å². The fourth-order valence-corrected chi connectivity index (χ4v) is 3.43. The lowest BCUT2D eigenvalue weighted by Gasteiger charge is -2.30. The zero-order chi connectivity index (χ0) is 11.7. The Morgan fingerprint density at radius 3 is 2.88 bits per heavy atom. The van der Waals surface area contributed by atoms with E-state index in [-0.39, 0.29) is 0 Å². The number of hydrogen-bond acceptors (Lipinski definition) is 3. The maximum absolute atomic E-state index is 5.92. The van der Waals surface area contributed by atoms with Gasteiger partial charge in [0.25, 0.3) is 0 Å². The Balaban J connectivity index is 1.89. The molecule has 2 unspecified atom stereocenters. The molecule has 17 heavy (non-hydrogen) atoms. The van der Waals surface area contributed by atoms with Crippen molar-refractivity contribution in [2.45, 2.75) is 57.4 Å². The zero-order valence-electron chi connectivity index (χ0n) is 10.4. The van der Waals surface area contributed by atoms with E-state index in [0.717, 1.165) is 19.5 Å². The van der Waals surface area contributed by atoms with Gasteiger partial charge in [-0.25, -0.2) is 0 Å². The molecule has 2 heterocycles. The molecule has 1 fully saturated rings. The summed E-state index contributed by atoms with van der Waals surface area (Å²) in [5, 5.41) is 8.85. The molecule has 4 heteroatoms. The molecule has 2 N–H and O–H groups in total. The monoisotopic (exact) mass is 234 g/mol. The third kappa shape index (κ3) is 1.99. The molecule has 2 aliphatic rings. The summed E-state index contributed by atoms with van der Waals surface area (Å²) in [6.45, 7) is 1.91. The molecular formula is C13H22N4. The SMILES string of the molecule is NCC1CCCCC1c1nnc2n1CCCC2. The van der Waals surface area contributed by atoms with Crippen LogP contribution in [0.15, 0.2) is 0 Å². The lowest BCUT2D eigenvalue weighted by atomic mass is 9.78. The van der Waals surface area contributed by atoms with Crippen LogP contribution >= 0.6 is 0 Å². The Bertz CT molecular complexity index is 385. The van der Waals surface area contributed by atoms with Gasteiger partial charge in [-0.1, -0.05) is 12.8 Å². The largest absolute Gasteiger partial charge is 0.330 e. The Hall–Kier alpha value is -0.900. The van der Waals surface area contributed by atoms with Crippen LogP contribution in [0.2, 0.25) is 0 Å². The highest BCUT2D eigenvalue weighted by molar-refractivity contribution is 5.07. The van der Waals surface area contributed by atoms with Gasteiger partial charge in [-0.2, -0.15) is 0 Å². The predicted molar refractivity (Wildman–Crippen MR) is 66.7 cm³/mol. The van der Waals surface area contributed by atoms with E-state index in [4.69, 9.17) is 5.73 Å².